The van der Waals surface area contributed by atoms with Gasteiger partial charge in [-0.2, -0.15) is 8.78 Å². The number of unbranched alkanes of at least 4 members (excludes halogenated alkanes) is 2. The summed E-state index contributed by atoms with van der Waals surface area (Å²) >= 11 is 0. The van der Waals surface area contributed by atoms with Crippen molar-refractivity contribution in [1.82, 2.24) is 0 Å². The summed E-state index contributed by atoms with van der Waals surface area (Å²) in [5.74, 6) is -12.3. The molecule has 11 heteroatoms. The number of rotatable bonds is 10. The quantitative estimate of drug-likeness (QED) is 0.107. The Kier molecular flexibility index (Phi) is 8.51. The monoisotopic (exact) mass is 572 g/mol. The van der Waals surface area contributed by atoms with Crippen molar-refractivity contribution in [1.29, 1.82) is 0 Å². The molecular formula is C29H21F9O2. The fourth-order valence-corrected chi connectivity index (χ4v) is 4.12. The summed E-state index contributed by atoms with van der Waals surface area (Å²) < 4.78 is 137. The fraction of sp³-hybridized carbons (Fsp3) is 0.241. The first kappa shape index (κ1) is 29.1. The average Bonchev–Trinajstić information content (AvgIpc) is 2.89. The van der Waals surface area contributed by atoms with Crippen LogP contribution in [0.5, 0.6) is 11.5 Å². The van der Waals surface area contributed by atoms with Gasteiger partial charge in [0, 0.05) is 12.1 Å². The molecule has 0 N–H and O–H groups in total. The van der Waals surface area contributed by atoms with Crippen LogP contribution < -0.4 is 9.47 Å². The Morgan fingerprint density at radius 3 is 2.05 bits per heavy atom. The Morgan fingerprint density at radius 1 is 0.700 bits per heavy atom. The van der Waals surface area contributed by atoms with Crippen LogP contribution in [0.25, 0.3) is 10.8 Å². The van der Waals surface area contributed by atoms with Crippen molar-refractivity contribution in [3.8, 4) is 11.5 Å². The van der Waals surface area contributed by atoms with Gasteiger partial charge in [0.1, 0.15) is 18.2 Å². The molecule has 0 saturated carbocycles. The number of benzene rings is 4. The van der Waals surface area contributed by atoms with Gasteiger partial charge in [0.25, 0.3) is 0 Å². The minimum Gasteiger partial charge on any atom is -0.486 e. The molecule has 4 aromatic rings. The van der Waals surface area contributed by atoms with E-state index in [1.54, 1.807) is 0 Å². The minimum atomic E-state index is -4.42. The van der Waals surface area contributed by atoms with Gasteiger partial charge in [0.2, 0.25) is 0 Å². The topological polar surface area (TPSA) is 18.5 Å². The van der Waals surface area contributed by atoms with E-state index in [4.69, 9.17) is 4.74 Å². The third kappa shape index (κ3) is 5.97. The molecule has 0 fully saturated rings. The number of alkyl halides is 2. The smallest absolute Gasteiger partial charge is 0.429 e. The third-order valence-corrected chi connectivity index (χ3v) is 6.16. The third-order valence-electron chi connectivity index (χ3n) is 6.16. The Labute approximate surface area is 222 Å². The minimum absolute atomic E-state index is 0.0478. The molecule has 0 aliphatic heterocycles. The highest BCUT2D eigenvalue weighted by Gasteiger charge is 2.38. The highest BCUT2D eigenvalue weighted by atomic mass is 19.3. The van der Waals surface area contributed by atoms with Crippen molar-refractivity contribution in [3.05, 3.63) is 106 Å². The molecule has 4 rings (SSSR count). The number of halogens is 9. The van der Waals surface area contributed by atoms with E-state index in [1.807, 2.05) is 6.92 Å². The molecule has 0 aliphatic carbocycles. The summed E-state index contributed by atoms with van der Waals surface area (Å²) in [6, 6.07) is 6.45. The van der Waals surface area contributed by atoms with E-state index < -0.39 is 75.9 Å². The van der Waals surface area contributed by atoms with Gasteiger partial charge < -0.3 is 9.47 Å². The second kappa shape index (κ2) is 11.7. The standard InChI is InChI=1S/C29H21F9O2/c1-2-3-4-5-17-11-16-7-9-23(27(35)24(16)28(36)25(17)33)39-14-15-6-8-19(20(30)10-15)29(37,38)40-18-12-21(31)26(34)22(32)13-18/h6-13H,2-5,14H2,1H3. The largest absolute Gasteiger partial charge is 0.486 e. The Hall–Kier alpha value is -3.89. The molecule has 0 atom stereocenters. The van der Waals surface area contributed by atoms with E-state index in [-0.39, 0.29) is 35.1 Å². The summed E-state index contributed by atoms with van der Waals surface area (Å²) in [5.41, 5.74) is -1.24. The van der Waals surface area contributed by atoms with Crippen LogP contribution in [0.2, 0.25) is 0 Å². The van der Waals surface area contributed by atoms with Crippen molar-refractivity contribution in [2.45, 2.75) is 45.3 Å². The van der Waals surface area contributed by atoms with Crippen LogP contribution in [0, 0.1) is 40.7 Å². The lowest BCUT2D eigenvalue weighted by molar-refractivity contribution is -0.187. The van der Waals surface area contributed by atoms with Crippen LogP contribution in [0.4, 0.5) is 39.5 Å². The van der Waals surface area contributed by atoms with Gasteiger partial charge in [0.05, 0.1) is 10.9 Å². The van der Waals surface area contributed by atoms with Crippen LogP contribution in [-0.4, -0.2) is 0 Å². The van der Waals surface area contributed by atoms with Gasteiger partial charge in [0.15, 0.2) is 40.7 Å². The maximum Gasteiger partial charge on any atom is 0.429 e. The first-order chi connectivity index (χ1) is 18.9. The maximum atomic E-state index is 15.0. The van der Waals surface area contributed by atoms with E-state index in [2.05, 4.69) is 4.74 Å². The Bertz CT molecular complexity index is 1530. The van der Waals surface area contributed by atoms with Crippen LogP contribution in [0.15, 0.2) is 48.5 Å². The van der Waals surface area contributed by atoms with Crippen molar-refractivity contribution < 1.29 is 49.0 Å². The number of ether oxygens (including phenoxy) is 2. The molecule has 0 spiro atoms. The van der Waals surface area contributed by atoms with Gasteiger partial charge in [-0.25, -0.2) is 30.7 Å². The predicted octanol–water partition coefficient (Wildman–Crippen LogP) is 9.25. The zero-order valence-electron chi connectivity index (χ0n) is 20.9. The SMILES string of the molecule is CCCCCc1cc2ccc(OCc3ccc(C(F)(F)Oc4cc(F)c(F)c(F)c4)c(F)c3)c(F)c2c(F)c1F. The Balaban J connectivity index is 1.52. The van der Waals surface area contributed by atoms with E-state index in [9.17, 15) is 35.1 Å². The fourth-order valence-electron chi connectivity index (χ4n) is 4.12. The molecule has 0 saturated heterocycles. The summed E-state index contributed by atoms with van der Waals surface area (Å²) in [7, 11) is 0. The second-order valence-corrected chi connectivity index (χ2v) is 9.02. The lowest BCUT2D eigenvalue weighted by Gasteiger charge is -2.19. The first-order valence-electron chi connectivity index (χ1n) is 12.1. The molecule has 40 heavy (non-hydrogen) atoms. The Morgan fingerprint density at radius 2 is 1.40 bits per heavy atom. The van der Waals surface area contributed by atoms with Crippen LogP contribution in [0.1, 0.15) is 42.9 Å². The van der Waals surface area contributed by atoms with E-state index in [1.165, 1.54) is 18.2 Å². The summed E-state index contributed by atoms with van der Waals surface area (Å²) in [6.45, 7) is 1.42. The molecule has 4 aromatic carbocycles. The summed E-state index contributed by atoms with van der Waals surface area (Å²) in [5, 5.41) is -0.505. The lowest BCUT2D eigenvalue weighted by atomic mass is 10.0. The van der Waals surface area contributed by atoms with Gasteiger partial charge in [-0.3, -0.25) is 0 Å². The maximum absolute atomic E-state index is 15.0. The number of fused-ring (bicyclic) bond motifs is 1. The van der Waals surface area contributed by atoms with Crippen molar-refractivity contribution in [3.63, 3.8) is 0 Å². The molecule has 212 valence electrons. The lowest BCUT2D eigenvalue weighted by Crippen LogP contribution is -2.24. The zero-order chi connectivity index (χ0) is 29.2. The molecule has 0 radical (unpaired) electrons. The zero-order valence-corrected chi connectivity index (χ0v) is 20.9. The van der Waals surface area contributed by atoms with Crippen LogP contribution >= 0.6 is 0 Å². The second-order valence-electron chi connectivity index (χ2n) is 9.02. The number of aryl methyl sites for hydroxylation is 1. The molecule has 0 amide bonds. The molecule has 0 aliphatic rings. The molecular weight excluding hydrogens is 551 g/mol. The van der Waals surface area contributed by atoms with Gasteiger partial charge in [-0.05, 0) is 53.6 Å². The molecule has 2 nitrogen and oxygen atoms in total. The summed E-state index contributed by atoms with van der Waals surface area (Å²) in [4.78, 5) is 0. The highest BCUT2D eigenvalue weighted by molar-refractivity contribution is 5.86. The molecule has 0 unspecified atom stereocenters. The van der Waals surface area contributed by atoms with Crippen LogP contribution in [0.3, 0.4) is 0 Å². The average molecular weight is 572 g/mol. The van der Waals surface area contributed by atoms with E-state index in [0.29, 0.717) is 18.6 Å². The van der Waals surface area contributed by atoms with Crippen LogP contribution in [-0.2, 0) is 19.1 Å². The van der Waals surface area contributed by atoms with Gasteiger partial charge >= 0.3 is 6.11 Å². The normalized spacial score (nSPS) is 11.8. The number of hydrogen-bond donors (Lipinski definition) is 0. The number of hydrogen-bond acceptors (Lipinski definition) is 2. The highest BCUT2D eigenvalue weighted by Crippen LogP contribution is 2.35. The molecule has 0 bridgehead atoms. The van der Waals surface area contributed by atoms with Gasteiger partial charge in [-0.15, -0.1) is 0 Å². The van der Waals surface area contributed by atoms with Crippen molar-refractivity contribution in [2.75, 3.05) is 0 Å². The molecule has 0 aromatic heterocycles. The van der Waals surface area contributed by atoms with Crippen molar-refractivity contribution in [2.24, 2.45) is 0 Å². The van der Waals surface area contributed by atoms with E-state index in [0.717, 1.165) is 18.9 Å². The first-order valence-corrected chi connectivity index (χ1v) is 12.1. The summed E-state index contributed by atoms with van der Waals surface area (Å²) in [6.07, 6.45) is -1.79. The van der Waals surface area contributed by atoms with Crippen molar-refractivity contribution >= 4 is 10.8 Å². The molecule has 0 heterocycles. The van der Waals surface area contributed by atoms with E-state index >= 15 is 4.39 Å². The predicted molar refractivity (Wildman–Crippen MR) is 129 cm³/mol. The van der Waals surface area contributed by atoms with Gasteiger partial charge in [-0.1, -0.05) is 31.9 Å².